The number of hydrogen-bond donors (Lipinski definition) is 1. The van der Waals surface area contributed by atoms with Gasteiger partial charge in [-0.05, 0) is 71.4 Å². The van der Waals surface area contributed by atoms with Crippen molar-refractivity contribution in [3.05, 3.63) is 23.8 Å². The summed E-state index contributed by atoms with van der Waals surface area (Å²) in [5.74, 6) is 0. The molecule has 0 aromatic heterocycles. The van der Waals surface area contributed by atoms with E-state index in [1.807, 2.05) is 53.7 Å². The molecule has 0 spiro atoms. The number of benzene rings is 1. The lowest BCUT2D eigenvalue weighted by Gasteiger charge is -2.38. The average Bonchev–Trinajstić information content (AvgIpc) is 3.14. The zero-order valence-electron chi connectivity index (χ0n) is 16.6. The Bertz CT molecular complexity index is 567. The standard InChI is InChI=1S/C15H23BNOS.C5H10/c1-7-17-13-9-8-12(10-11(13)2)16-18-14(3,4)15(5,6)19;1-5(2)3-4-5/h7-10,19H,1-6H3;3-4H2,1-2H3. The maximum atomic E-state index is 5.89. The lowest BCUT2D eigenvalue weighted by atomic mass is 9.83. The molecule has 0 atom stereocenters. The van der Waals surface area contributed by atoms with Crippen molar-refractivity contribution in [2.24, 2.45) is 10.4 Å². The maximum Gasteiger partial charge on any atom is 0.330 e. The van der Waals surface area contributed by atoms with E-state index in [1.165, 1.54) is 12.8 Å². The fourth-order valence-corrected chi connectivity index (χ4v) is 1.70. The number of nitrogens with zero attached hydrogens (tertiary/aromatic N) is 1. The Balaban J connectivity index is 0.000000488. The summed E-state index contributed by atoms with van der Waals surface area (Å²) in [6.07, 6.45) is 4.70. The summed E-state index contributed by atoms with van der Waals surface area (Å²) in [4.78, 5) is 4.30. The first-order valence-electron chi connectivity index (χ1n) is 8.71. The fraction of sp³-hybridized carbons (Fsp3) is 0.650. The second-order valence-corrected chi connectivity index (χ2v) is 9.52. The van der Waals surface area contributed by atoms with Crippen LogP contribution in [0.1, 0.15) is 66.9 Å². The molecule has 1 aromatic rings. The molecular weight excluding hydrogens is 313 g/mol. The average molecular weight is 346 g/mol. The van der Waals surface area contributed by atoms with Crippen molar-refractivity contribution < 1.29 is 4.65 Å². The Kier molecular flexibility index (Phi) is 7.19. The molecule has 133 valence electrons. The van der Waals surface area contributed by atoms with Crippen LogP contribution in [0.4, 0.5) is 5.69 Å². The topological polar surface area (TPSA) is 21.6 Å². The third kappa shape index (κ3) is 7.02. The van der Waals surface area contributed by atoms with Gasteiger partial charge in [0.25, 0.3) is 0 Å². The number of thiol groups is 1. The zero-order valence-corrected chi connectivity index (χ0v) is 17.5. The van der Waals surface area contributed by atoms with Crippen LogP contribution < -0.4 is 5.46 Å². The molecule has 2 rings (SSSR count). The molecule has 2 nitrogen and oxygen atoms in total. The highest BCUT2D eigenvalue weighted by Gasteiger charge is 2.34. The Labute approximate surface area is 155 Å². The predicted molar refractivity (Wildman–Crippen MR) is 112 cm³/mol. The van der Waals surface area contributed by atoms with E-state index in [0.29, 0.717) is 0 Å². The van der Waals surface area contributed by atoms with Crippen LogP contribution in [0.25, 0.3) is 0 Å². The first-order valence-corrected chi connectivity index (χ1v) is 9.15. The molecular formula is C20H33BNOS. The molecule has 1 radical (unpaired) electrons. The van der Waals surface area contributed by atoms with Crippen LogP contribution in [-0.4, -0.2) is 24.0 Å². The van der Waals surface area contributed by atoms with E-state index < -0.39 is 0 Å². The van der Waals surface area contributed by atoms with E-state index in [9.17, 15) is 0 Å². The van der Waals surface area contributed by atoms with Gasteiger partial charge < -0.3 is 4.65 Å². The Morgan fingerprint density at radius 3 is 2.12 bits per heavy atom. The SMILES string of the molecule is CC1(C)CC1.CC=Nc1ccc([B]OC(C)(C)C(C)(C)S)cc1C. The Morgan fingerprint density at radius 2 is 1.75 bits per heavy atom. The molecule has 0 amide bonds. The molecule has 1 aromatic carbocycles. The van der Waals surface area contributed by atoms with E-state index in [-0.39, 0.29) is 10.3 Å². The molecule has 0 saturated heterocycles. The molecule has 0 heterocycles. The second kappa shape index (κ2) is 8.10. The molecule has 1 aliphatic rings. The van der Waals surface area contributed by atoms with E-state index in [1.54, 1.807) is 13.7 Å². The first kappa shape index (κ1) is 21.3. The van der Waals surface area contributed by atoms with Crippen LogP contribution in [0.2, 0.25) is 0 Å². The predicted octanol–water partition coefficient (Wildman–Crippen LogP) is 5.27. The fourth-order valence-electron chi connectivity index (χ4n) is 1.65. The number of hydrogen-bond acceptors (Lipinski definition) is 3. The molecule has 4 heteroatoms. The van der Waals surface area contributed by atoms with Gasteiger partial charge in [-0.25, -0.2) is 0 Å². The molecule has 1 fully saturated rings. The highest BCUT2D eigenvalue weighted by atomic mass is 32.1. The summed E-state index contributed by atoms with van der Waals surface area (Å²) < 4.78 is 5.68. The van der Waals surface area contributed by atoms with Gasteiger partial charge >= 0.3 is 7.48 Å². The van der Waals surface area contributed by atoms with Crippen molar-refractivity contribution in [2.75, 3.05) is 0 Å². The Hall–Kier alpha value is -0.735. The van der Waals surface area contributed by atoms with Gasteiger partial charge in [0.15, 0.2) is 0 Å². The van der Waals surface area contributed by atoms with Gasteiger partial charge in [-0.2, -0.15) is 12.6 Å². The summed E-state index contributed by atoms with van der Waals surface area (Å²) in [7, 11) is 1.80. The minimum atomic E-state index is -0.343. The first-order chi connectivity index (χ1) is 10.9. The van der Waals surface area contributed by atoms with Crippen molar-refractivity contribution in [1.29, 1.82) is 0 Å². The molecule has 1 aliphatic carbocycles. The largest absolute Gasteiger partial charge is 0.428 e. The Morgan fingerprint density at radius 1 is 1.21 bits per heavy atom. The van der Waals surface area contributed by atoms with Crippen LogP contribution in [0.5, 0.6) is 0 Å². The van der Waals surface area contributed by atoms with Crippen LogP contribution in [-0.2, 0) is 4.65 Å². The van der Waals surface area contributed by atoms with Gasteiger partial charge in [0.2, 0.25) is 0 Å². The quantitative estimate of drug-likeness (QED) is 0.438. The minimum Gasteiger partial charge on any atom is -0.428 e. The zero-order chi connectivity index (χ0) is 18.6. The van der Waals surface area contributed by atoms with Gasteiger partial charge in [-0.3, -0.25) is 4.99 Å². The second-order valence-electron chi connectivity index (χ2n) is 8.40. The van der Waals surface area contributed by atoms with Crippen LogP contribution in [0.15, 0.2) is 23.2 Å². The minimum absolute atomic E-state index is 0.217. The van der Waals surface area contributed by atoms with Crippen molar-refractivity contribution in [3.8, 4) is 0 Å². The number of aliphatic imine (C=N–C) groups is 1. The highest BCUT2D eigenvalue weighted by molar-refractivity contribution is 7.81. The van der Waals surface area contributed by atoms with Gasteiger partial charge in [0.05, 0.1) is 11.3 Å². The van der Waals surface area contributed by atoms with E-state index in [4.69, 9.17) is 4.65 Å². The summed E-state index contributed by atoms with van der Waals surface area (Å²) in [5.41, 5.74) is 3.58. The lowest BCUT2D eigenvalue weighted by molar-refractivity contribution is 0.0854. The van der Waals surface area contributed by atoms with Gasteiger partial charge in [-0.15, -0.1) is 0 Å². The van der Waals surface area contributed by atoms with Crippen molar-refractivity contribution >= 4 is 37.5 Å². The summed E-state index contributed by atoms with van der Waals surface area (Å²) in [5, 5.41) is 0. The lowest BCUT2D eigenvalue weighted by Crippen LogP contribution is -2.45. The third-order valence-corrected chi connectivity index (χ3v) is 5.24. The molecule has 0 bridgehead atoms. The normalized spacial score (nSPS) is 16.5. The summed E-state index contributed by atoms with van der Waals surface area (Å²) in [6, 6.07) is 6.09. The molecule has 0 aliphatic heterocycles. The van der Waals surface area contributed by atoms with Crippen LogP contribution in [0, 0.1) is 12.3 Å². The van der Waals surface area contributed by atoms with Gasteiger partial charge in [0, 0.05) is 11.0 Å². The maximum absolute atomic E-state index is 5.89. The molecule has 1 saturated carbocycles. The summed E-state index contributed by atoms with van der Waals surface area (Å²) in [6.45, 7) is 16.7. The van der Waals surface area contributed by atoms with E-state index >= 15 is 0 Å². The van der Waals surface area contributed by atoms with Crippen molar-refractivity contribution in [3.63, 3.8) is 0 Å². The molecule has 0 unspecified atom stereocenters. The third-order valence-electron chi connectivity index (χ3n) is 4.70. The summed E-state index contributed by atoms with van der Waals surface area (Å²) >= 11 is 4.58. The van der Waals surface area contributed by atoms with Crippen molar-refractivity contribution in [2.45, 2.75) is 78.6 Å². The monoisotopic (exact) mass is 346 g/mol. The van der Waals surface area contributed by atoms with E-state index in [2.05, 4.69) is 37.5 Å². The van der Waals surface area contributed by atoms with Gasteiger partial charge in [-0.1, -0.05) is 31.4 Å². The number of aryl methyl sites for hydroxylation is 1. The van der Waals surface area contributed by atoms with Crippen LogP contribution >= 0.6 is 12.6 Å². The van der Waals surface area contributed by atoms with Gasteiger partial charge in [0.1, 0.15) is 0 Å². The highest BCUT2D eigenvalue weighted by Crippen LogP contribution is 2.43. The smallest absolute Gasteiger partial charge is 0.330 e. The van der Waals surface area contributed by atoms with Crippen molar-refractivity contribution in [1.82, 2.24) is 0 Å². The number of rotatable bonds is 5. The molecule has 24 heavy (non-hydrogen) atoms. The van der Waals surface area contributed by atoms with E-state index in [0.717, 1.165) is 22.1 Å². The molecule has 0 N–H and O–H groups in total. The van der Waals surface area contributed by atoms with Crippen LogP contribution in [0.3, 0.4) is 0 Å².